The molecule has 0 saturated heterocycles. The van der Waals surface area contributed by atoms with Crippen molar-refractivity contribution in [1.82, 2.24) is 4.90 Å². The molecule has 0 fully saturated rings. The highest BCUT2D eigenvalue weighted by Crippen LogP contribution is 2.20. The molecule has 114 valence electrons. The van der Waals surface area contributed by atoms with E-state index in [1.54, 1.807) is 4.90 Å². The Morgan fingerprint density at radius 2 is 1.80 bits per heavy atom. The minimum absolute atomic E-state index is 0.281. The fourth-order valence-corrected chi connectivity index (χ4v) is 1.88. The van der Waals surface area contributed by atoms with Crippen LogP contribution in [0.25, 0.3) is 0 Å². The van der Waals surface area contributed by atoms with Crippen molar-refractivity contribution in [2.24, 2.45) is 0 Å². The van der Waals surface area contributed by atoms with Gasteiger partial charge in [0.05, 0.1) is 0 Å². The minimum atomic E-state index is -0.474. The highest BCUT2D eigenvalue weighted by molar-refractivity contribution is 5.69. The van der Waals surface area contributed by atoms with Gasteiger partial charge < -0.3 is 9.64 Å². The molecule has 0 rings (SSSR count). The lowest BCUT2D eigenvalue weighted by Gasteiger charge is -2.28. The van der Waals surface area contributed by atoms with Crippen molar-refractivity contribution >= 4 is 6.09 Å². The summed E-state index contributed by atoms with van der Waals surface area (Å²) in [4.78, 5) is 13.9. The lowest BCUT2D eigenvalue weighted by Crippen LogP contribution is -2.38. The second kappa shape index (κ2) is 7.93. The van der Waals surface area contributed by atoms with E-state index in [-0.39, 0.29) is 6.09 Å². The molecular weight excluding hydrogens is 250 g/mol. The fraction of sp³-hybridized carbons (Fsp3) is 0.588. The number of rotatable bonds is 5. The highest BCUT2D eigenvalue weighted by Gasteiger charge is 2.22. The van der Waals surface area contributed by atoms with Gasteiger partial charge in [-0.2, -0.15) is 0 Å². The van der Waals surface area contributed by atoms with Crippen LogP contribution in [0.1, 0.15) is 48.5 Å². The van der Waals surface area contributed by atoms with E-state index in [9.17, 15) is 4.79 Å². The van der Waals surface area contributed by atoms with Crippen molar-refractivity contribution in [2.45, 2.75) is 54.1 Å². The minimum Gasteiger partial charge on any atom is -0.444 e. The summed E-state index contributed by atoms with van der Waals surface area (Å²) < 4.78 is 5.43. The van der Waals surface area contributed by atoms with Crippen LogP contribution in [-0.4, -0.2) is 29.7 Å². The van der Waals surface area contributed by atoms with Gasteiger partial charge in [0, 0.05) is 13.1 Å². The van der Waals surface area contributed by atoms with Crippen molar-refractivity contribution in [3.8, 4) is 0 Å². The third-order valence-corrected chi connectivity index (χ3v) is 2.84. The SMILES string of the molecule is C=C(C)C(=C\C)/C(=C/C)CN(CC)C(=O)OC(C)(C)C. The maximum Gasteiger partial charge on any atom is 0.410 e. The Balaban J connectivity index is 5.03. The second-order valence-electron chi connectivity index (χ2n) is 5.79. The van der Waals surface area contributed by atoms with E-state index in [1.165, 1.54) is 0 Å². The molecule has 3 heteroatoms. The summed E-state index contributed by atoms with van der Waals surface area (Å²) >= 11 is 0. The van der Waals surface area contributed by atoms with Crippen LogP contribution < -0.4 is 0 Å². The fourth-order valence-electron chi connectivity index (χ4n) is 1.88. The topological polar surface area (TPSA) is 29.5 Å². The smallest absolute Gasteiger partial charge is 0.410 e. The van der Waals surface area contributed by atoms with Crippen LogP contribution in [0.15, 0.2) is 35.5 Å². The second-order valence-corrected chi connectivity index (χ2v) is 5.79. The highest BCUT2D eigenvalue weighted by atomic mass is 16.6. The number of allylic oxidation sites excluding steroid dienone is 3. The van der Waals surface area contributed by atoms with E-state index >= 15 is 0 Å². The third kappa shape index (κ3) is 6.09. The van der Waals surface area contributed by atoms with Crippen molar-refractivity contribution in [3.63, 3.8) is 0 Å². The van der Waals surface area contributed by atoms with Crippen LogP contribution in [0.4, 0.5) is 4.79 Å². The van der Waals surface area contributed by atoms with Crippen LogP contribution in [0, 0.1) is 0 Å². The maximum absolute atomic E-state index is 12.2. The summed E-state index contributed by atoms with van der Waals surface area (Å²) in [6, 6.07) is 0. The lowest BCUT2D eigenvalue weighted by molar-refractivity contribution is 0.0278. The molecule has 0 atom stereocenters. The first-order chi connectivity index (χ1) is 9.16. The molecule has 0 spiro atoms. The van der Waals surface area contributed by atoms with Crippen LogP contribution in [0.3, 0.4) is 0 Å². The van der Waals surface area contributed by atoms with Gasteiger partial charge in [-0.25, -0.2) is 4.79 Å². The molecule has 3 nitrogen and oxygen atoms in total. The number of likely N-dealkylation sites (N-methyl/N-ethyl adjacent to an activating group) is 1. The predicted octanol–water partition coefficient (Wildman–Crippen LogP) is 4.71. The van der Waals surface area contributed by atoms with E-state index in [2.05, 4.69) is 6.58 Å². The van der Waals surface area contributed by atoms with Gasteiger partial charge in [-0.1, -0.05) is 24.3 Å². The van der Waals surface area contributed by atoms with E-state index in [1.807, 2.05) is 60.6 Å². The molecular formula is C17H29NO2. The van der Waals surface area contributed by atoms with E-state index in [0.29, 0.717) is 13.1 Å². The molecule has 0 N–H and O–H groups in total. The van der Waals surface area contributed by atoms with E-state index in [0.717, 1.165) is 16.7 Å². The summed E-state index contributed by atoms with van der Waals surface area (Å²) in [6.45, 7) is 18.6. The molecule has 0 aromatic heterocycles. The van der Waals surface area contributed by atoms with Gasteiger partial charge in [0.15, 0.2) is 0 Å². The van der Waals surface area contributed by atoms with Gasteiger partial charge in [-0.15, -0.1) is 0 Å². The van der Waals surface area contributed by atoms with E-state index in [4.69, 9.17) is 4.74 Å². The maximum atomic E-state index is 12.2. The summed E-state index contributed by atoms with van der Waals surface area (Å²) in [6.07, 6.45) is 3.77. The molecule has 0 heterocycles. The Morgan fingerprint density at radius 1 is 1.25 bits per heavy atom. The zero-order valence-electron chi connectivity index (χ0n) is 14.0. The number of carbonyl (C=O) groups excluding carboxylic acids is 1. The molecule has 0 aliphatic heterocycles. The van der Waals surface area contributed by atoms with Crippen molar-refractivity contribution < 1.29 is 9.53 Å². The molecule has 1 amide bonds. The van der Waals surface area contributed by atoms with Gasteiger partial charge in [-0.3, -0.25) is 0 Å². The average molecular weight is 279 g/mol. The van der Waals surface area contributed by atoms with Gasteiger partial charge in [0.2, 0.25) is 0 Å². The largest absolute Gasteiger partial charge is 0.444 e. The molecule has 0 bridgehead atoms. The Morgan fingerprint density at radius 3 is 2.10 bits per heavy atom. The monoisotopic (exact) mass is 279 g/mol. The van der Waals surface area contributed by atoms with Crippen LogP contribution >= 0.6 is 0 Å². The summed E-state index contributed by atoms with van der Waals surface area (Å²) in [5, 5.41) is 0. The number of hydrogen-bond acceptors (Lipinski definition) is 2. The number of hydrogen-bond donors (Lipinski definition) is 0. The van der Waals surface area contributed by atoms with Gasteiger partial charge in [0.1, 0.15) is 5.60 Å². The Labute approximate surface area is 124 Å². The molecule has 0 aliphatic rings. The summed E-state index contributed by atoms with van der Waals surface area (Å²) in [7, 11) is 0. The molecule has 0 radical (unpaired) electrons. The molecule has 0 aliphatic carbocycles. The molecule has 0 unspecified atom stereocenters. The molecule has 20 heavy (non-hydrogen) atoms. The van der Waals surface area contributed by atoms with Crippen LogP contribution in [0.2, 0.25) is 0 Å². The first-order valence-electron chi connectivity index (χ1n) is 7.11. The van der Waals surface area contributed by atoms with Gasteiger partial charge in [0.25, 0.3) is 0 Å². The number of nitrogens with zero attached hydrogens (tertiary/aromatic N) is 1. The Kier molecular flexibility index (Phi) is 7.33. The van der Waals surface area contributed by atoms with Gasteiger partial charge in [-0.05, 0) is 59.6 Å². The molecule has 0 aromatic rings. The number of ether oxygens (including phenoxy) is 1. The molecule has 0 aromatic carbocycles. The van der Waals surface area contributed by atoms with Gasteiger partial charge >= 0.3 is 6.09 Å². The number of amides is 1. The number of carbonyl (C=O) groups is 1. The predicted molar refractivity (Wildman–Crippen MR) is 85.8 cm³/mol. The van der Waals surface area contributed by atoms with Crippen LogP contribution in [0.5, 0.6) is 0 Å². The first-order valence-corrected chi connectivity index (χ1v) is 7.11. The van der Waals surface area contributed by atoms with E-state index < -0.39 is 5.60 Å². The quantitative estimate of drug-likeness (QED) is 0.682. The van der Waals surface area contributed by atoms with Crippen molar-refractivity contribution in [3.05, 3.63) is 35.5 Å². The van der Waals surface area contributed by atoms with Crippen molar-refractivity contribution in [2.75, 3.05) is 13.1 Å². The Hall–Kier alpha value is -1.51. The standard InChI is InChI=1S/C17H29NO2/c1-9-14(15(10-2)13(4)5)12-18(11-3)16(19)20-17(6,7)8/h9-10H,4,11-12H2,1-3,5-8H3/b14-9+,15-10+. The Bertz CT molecular complexity index is 411. The summed E-state index contributed by atoms with van der Waals surface area (Å²) in [5.74, 6) is 0. The zero-order chi connectivity index (χ0) is 15.9. The average Bonchev–Trinajstić information content (AvgIpc) is 2.31. The normalized spacial score (nSPS) is 13.2. The lowest BCUT2D eigenvalue weighted by atomic mass is 9.99. The molecule has 0 saturated carbocycles. The summed E-state index contributed by atoms with van der Waals surface area (Å²) in [5.41, 5.74) is 2.71. The third-order valence-electron chi connectivity index (χ3n) is 2.84. The van der Waals surface area contributed by atoms with Crippen molar-refractivity contribution in [1.29, 1.82) is 0 Å². The van der Waals surface area contributed by atoms with Crippen LogP contribution in [-0.2, 0) is 4.74 Å². The zero-order valence-corrected chi connectivity index (χ0v) is 14.0. The first kappa shape index (κ1) is 18.5.